The lowest BCUT2D eigenvalue weighted by molar-refractivity contribution is 0.414. The summed E-state index contributed by atoms with van der Waals surface area (Å²) in [6.45, 7) is 2.13. The predicted molar refractivity (Wildman–Crippen MR) is 81.1 cm³/mol. The maximum Gasteiger partial charge on any atom is 0.119 e. The fraction of sp³-hybridized carbons (Fsp3) is 0.188. The van der Waals surface area contributed by atoms with Crippen molar-refractivity contribution in [3.05, 3.63) is 54.2 Å². The molecular formula is C16H17N3O. The summed E-state index contributed by atoms with van der Waals surface area (Å²) in [7, 11) is 1.68. The van der Waals surface area contributed by atoms with E-state index in [1.165, 1.54) is 5.56 Å². The largest absolute Gasteiger partial charge is 0.497 e. The molecule has 1 unspecified atom stereocenters. The number of hydrogen-bond acceptors (Lipinski definition) is 3. The van der Waals surface area contributed by atoms with Crippen molar-refractivity contribution >= 4 is 16.6 Å². The van der Waals surface area contributed by atoms with Crippen molar-refractivity contribution in [2.45, 2.75) is 13.0 Å². The second kappa shape index (κ2) is 5.25. The van der Waals surface area contributed by atoms with Crippen LogP contribution in [0.2, 0.25) is 0 Å². The van der Waals surface area contributed by atoms with Gasteiger partial charge in [-0.25, -0.2) is 0 Å². The van der Waals surface area contributed by atoms with E-state index in [9.17, 15) is 0 Å². The quantitative estimate of drug-likeness (QED) is 0.757. The van der Waals surface area contributed by atoms with E-state index >= 15 is 0 Å². The zero-order valence-electron chi connectivity index (χ0n) is 11.6. The van der Waals surface area contributed by atoms with Crippen LogP contribution in [0, 0.1) is 0 Å². The Labute approximate surface area is 117 Å². The standard InChI is InChI=1S/C16H17N3O/c1-11(12-4-3-5-15(9-12)20-2)18-14-6-7-16-13(8-14)10-17-19-16/h3-11,18H,1-2H3,(H,17,19). The number of aromatic amines is 1. The molecule has 0 saturated carbocycles. The first-order valence-corrected chi connectivity index (χ1v) is 6.60. The van der Waals surface area contributed by atoms with Gasteiger partial charge in [0.2, 0.25) is 0 Å². The highest BCUT2D eigenvalue weighted by Crippen LogP contribution is 2.24. The van der Waals surface area contributed by atoms with Crippen molar-refractivity contribution in [2.24, 2.45) is 0 Å². The van der Waals surface area contributed by atoms with Gasteiger partial charge in [0.25, 0.3) is 0 Å². The third-order valence-corrected chi connectivity index (χ3v) is 3.42. The van der Waals surface area contributed by atoms with Crippen LogP contribution < -0.4 is 10.1 Å². The molecule has 20 heavy (non-hydrogen) atoms. The number of nitrogens with one attached hydrogen (secondary N) is 2. The molecule has 3 rings (SSSR count). The molecule has 0 aliphatic heterocycles. The smallest absolute Gasteiger partial charge is 0.119 e. The van der Waals surface area contributed by atoms with Gasteiger partial charge in [-0.3, -0.25) is 5.10 Å². The first-order valence-electron chi connectivity index (χ1n) is 6.60. The minimum Gasteiger partial charge on any atom is -0.497 e. The number of aromatic nitrogens is 2. The number of ether oxygens (including phenoxy) is 1. The summed E-state index contributed by atoms with van der Waals surface area (Å²) in [6, 6.07) is 14.5. The van der Waals surface area contributed by atoms with Crippen LogP contribution in [0.4, 0.5) is 5.69 Å². The molecule has 4 heteroatoms. The van der Waals surface area contributed by atoms with E-state index in [0.29, 0.717) is 0 Å². The molecular weight excluding hydrogens is 250 g/mol. The molecule has 1 atom stereocenters. The van der Waals surface area contributed by atoms with E-state index in [-0.39, 0.29) is 6.04 Å². The predicted octanol–water partition coefficient (Wildman–Crippen LogP) is 3.74. The van der Waals surface area contributed by atoms with Gasteiger partial charge in [-0.15, -0.1) is 0 Å². The molecule has 0 aliphatic carbocycles. The molecule has 2 N–H and O–H groups in total. The van der Waals surface area contributed by atoms with Gasteiger partial charge in [-0.2, -0.15) is 5.10 Å². The molecule has 2 aromatic carbocycles. The highest BCUT2D eigenvalue weighted by Gasteiger charge is 2.07. The van der Waals surface area contributed by atoms with Gasteiger partial charge < -0.3 is 10.1 Å². The van der Waals surface area contributed by atoms with E-state index in [2.05, 4.69) is 40.6 Å². The monoisotopic (exact) mass is 267 g/mol. The lowest BCUT2D eigenvalue weighted by Gasteiger charge is -2.16. The Morgan fingerprint density at radius 1 is 1.20 bits per heavy atom. The summed E-state index contributed by atoms with van der Waals surface area (Å²) in [5.41, 5.74) is 3.32. The normalized spacial score (nSPS) is 12.3. The molecule has 102 valence electrons. The molecule has 1 heterocycles. The minimum absolute atomic E-state index is 0.203. The summed E-state index contributed by atoms with van der Waals surface area (Å²) in [6.07, 6.45) is 1.83. The highest BCUT2D eigenvalue weighted by molar-refractivity contribution is 5.81. The fourth-order valence-electron chi connectivity index (χ4n) is 2.28. The van der Waals surface area contributed by atoms with Crippen LogP contribution in [0.1, 0.15) is 18.5 Å². The number of hydrogen-bond donors (Lipinski definition) is 2. The van der Waals surface area contributed by atoms with Crippen molar-refractivity contribution in [2.75, 3.05) is 12.4 Å². The molecule has 0 fully saturated rings. The number of benzene rings is 2. The Balaban J connectivity index is 1.81. The third kappa shape index (κ3) is 2.45. The lowest BCUT2D eigenvalue weighted by Crippen LogP contribution is -2.06. The molecule has 3 aromatic rings. The number of methoxy groups -OCH3 is 1. The summed E-state index contributed by atoms with van der Waals surface area (Å²) in [5, 5.41) is 11.6. The minimum atomic E-state index is 0.203. The first kappa shape index (κ1) is 12.5. The molecule has 0 saturated heterocycles. The van der Waals surface area contributed by atoms with Crippen LogP contribution in [0.5, 0.6) is 5.75 Å². The Morgan fingerprint density at radius 3 is 2.95 bits per heavy atom. The highest BCUT2D eigenvalue weighted by atomic mass is 16.5. The van der Waals surface area contributed by atoms with Gasteiger partial charge >= 0.3 is 0 Å². The van der Waals surface area contributed by atoms with Crippen molar-refractivity contribution in [3.63, 3.8) is 0 Å². The summed E-state index contributed by atoms with van der Waals surface area (Å²) >= 11 is 0. The topological polar surface area (TPSA) is 49.9 Å². The van der Waals surface area contributed by atoms with Gasteiger partial charge in [-0.1, -0.05) is 12.1 Å². The average molecular weight is 267 g/mol. The van der Waals surface area contributed by atoms with Crippen LogP contribution in [-0.4, -0.2) is 17.3 Å². The van der Waals surface area contributed by atoms with Crippen LogP contribution in [0.3, 0.4) is 0 Å². The maximum absolute atomic E-state index is 5.26. The summed E-state index contributed by atoms with van der Waals surface area (Å²) in [4.78, 5) is 0. The molecule has 0 aliphatic rings. The van der Waals surface area contributed by atoms with Crippen LogP contribution >= 0.6 is 0 Å². The molecule has 0 spiro atoms. The SMILES string of the molecule is COc1cccc(C(C)Nc2ccc3[nH]ncc3c2)c1. The lowest BCUT2D eigenvalue weighted by atomic mass is 10.1. The van der Waals surface area contributed by atoms with E-state index in [1.807, 2.05) is 30.5 Å². The average Bonchev–Trinajstić information content (AvgIpc) is 2.95. The van der Waals surface area contributed by atoms with Crippen molar-refractivity contribution in [1.82, 2.24) is 10.2 Å². The van der Waals surface area contributed by atoms with E-state index in [0.717, 1.165) is 22.3 Å². The second-order valence-corrected chi connectivity index (χ2v) is 4.81. The number of rotatable bonds is 4. The van der Waals surface area contributed by atoms with Gasteiger partial charge in [0.15, 0.2) is 0 Å². The van der Waals surface area contributed by atoms with E-state index in [1.54, 1.807) is 7.11 Å². The Kier molecular flexibility index (Phi) is 3.29. The molecule has 0 bridgehead atoms. The van der Waals surface area contributed by atoms with Crippen molar-refractivity contribution in [3.8, 4) is 5.75 Å². The Morgan fingerprint density at radius 2 is 2.10 bits per heavy atom. The van der Waals surface area contributed by atoms with E-state index < -0.39 is 0 Å². The van der Waals surface area contributed by atoms with Gasteiger partial charge in [0.1, 0.15) is 5.75 Å². The summed E-state index contributed by atoms with van der Waals surface area (Å²) < 4.78 is 5.26. The first-order chi connectivity index (χ1) is 9.76. The molecule has 0 amide bonds. The van der Waals surface area contributed by atoms with Gasteiger partial charge in [0.05, 0.1) is 18.8 Å². The van der Waals surface area contributed by atoms with Crippen molar-refractivity contribution in [1.29, 1.82) is 0 Å². The van der Waals surface area contributed by atoms with Crippen LogP contribution in [-0.2, 0) is 0 Å². The zero-order chi connectivity index (χ0) is 13.9. The fourth-order valence-corrected chi connectivity index (χ4v) is 2.28. The number of nitrogens with zero attached hydrogens (tertiary/aromatic N) is 1. The Hall–Kier alpha value is -2.49. The number of anilines is 1. The van der Waals surface area contributed by atoms with E-state index in [4.69, 9.17) is 4.74 Å². The number of H-pyrrole nitrogens is 1. The van der Waals surface area contributed by atoms with Crippen LogP contribution in [0.25, 0.3) is 10.9 Å². The third-order valence-electron chi connectivity index (χ3n) is 3.42. The van der Waals surface area contributed by atoms with Crippen molar-refractivity contribution < 1.29 is 4.74 Å². The molecule has 1 aromatic heterocycles. The number of fused-ring (bicyclic) bond motifs is 1. The Bertz CT molecular complexity index is 720. The second-order valence-electron chi connectivity index (χ2n) is 4.81. The maximum atomic E-state index is 5.26. The molecule has 0 radical (unpaired) electrons. The zero-order valence-corrected chi connectivity index (χ0v) is 11.6. The van der Waals surface area contributed by atoms with Crippen LogP contribution in [0.15, 0.2) is 48.7 Å². The van der Waals surface area contributed by atoms with Gasteiger partial charge in [0, 0.05) is 17.1 Å². The van der Waals surface area contributed by atoms with Gasteiger partial charge in [-0.05, 0) is 42.8 Å². The molecule has 4 nitrogen and oxygen atoms in total. The summed E-state index contributed by atoms with van der Waals surface area (Å²) in [5.74, 6) is 0.876.